The number of carbonyl (C=O) groups excluding carboxylic acids is 2. The van der Waals surface area contributed by atoms with Gasteiger partial charge < -0.3 is 15.4 Å². The first-order valence-electron chi connectivity index (χ1n) is 11.5. The molecular formula is C25H29N3O3. The van der Waals surface area contributed by atoms with Gasteiger partial charge in [-0.2, -0.15) is 0 Å². The minimum atomic E-state index is -0.666. The first-order chi connectivity index (χ1) is 14.9. The maximum absolute atomic E-state index is 12.5. The fourth-order valence-corrected chi connectivity index (χ4v) is 7.00. The highest BCUT2D eigenvalue weighted by Crippen LogP contribution is 2.64. The van der Waals surface area contributed by atoms with Crippen LogP contribution in [0.25, 0.3) is 0 Å². The molecule has 0 aromatic heterocycles. The Morgan fingerprint density at radius 3 is 2.90 bits per heavy atom. The Hall–Kier alpha value is -2.47. The summed E-state index contributed by atoms with van der Waals surface area (Å²) in [6.07, 6.45) is 8.33. The lowest BCUT2D eigenvalue weighted by Gasteiger charge is -2.58. The fraction of sp³-hybridized carbons (Fsp3) is 0.560. The largest absolute Gasteiger partial charge is 0.497 e. The summed E-state index contributed by atoms with van der Waals surface area (Å²) in [5.41, 5.74) is 9.31. The second-order valence-corrected chi connectivity index (χ2v) is 10.3. The number of allylic oxidation sites excluding steroid dienone is 1. The van der Waals surface area contributed by atoms with E-state index in [1.807, 2.05) is 6.08 Å². The van der Waals surface area contributed by atoms with Crippen molar-refractivity contribution in [1.29, 1.82) is 0 Å². The molecule has 0 radical (unpaired) electrons. The molecular weight excluding hydrogens is 390 g/mol. The minimum Gasteiger partial charge on any atom is -0.497 e. The highest BCUT2D eigenvalue weighted by atomic mass is 16.5. The van der Waals surface area contributed by atoms with Gasteiger partial charge in [0.15, 0.2) is 0 Å². The number of benzene rings is 1. The number of aliphatic imine (C=N–C) groups is 1. The topological polar surface area (TPSA) is 85.0 Å². The van der Waals surface area contributed by atoms with Gasteiger partial charge >= 0.3 is 0 Å². The third-order valence-corrected chi connectivity index (χ3v) is 8.60. The zero-order valence-corrected chi connectivity index (χ0v) is 18.0. The zero-order chi connectivity index (χ0) is 21.4. The number of dihydropyridines is 1. The van der Waals surface area contributed by atoms with E-state index in [4.69, 9.17) is 10.5 Å². The zero-order valence-electron chi connectivity index (χ0n) is 18.0. The second-order valence-electron chi connectivity index (χ2n) is 10.3. The number of rotatable bonds is 4. The van der Waals surface area contributed by atoms with Crippen molar-refractivity contribution in [2.75, 3.05) is 26.7 Å². The van der Waals surface area contributed by atoms with Gasteiger partial charge in [-0.25, -0.2) is 4.99 Å². The van der Waals surface area contributed by atoms with Crippen molar-refractivity contribution >= 4 is 17.5 Å². The number of hydrogen-bond acceptors (Lipinski definition) is 4. The van der Waals surface area contributed by atoms with Crippen LogP contribution in [0.5, 0.6) is 5.75 Å². The third kappa shape index (κ3) is 2.77. The van der Waals surface area contributed by atoms with Crippen LogP contribution in [0.2, 0.25) is 0 Å². The molecule has 2 saturated carbocycles. The van der Waals surface area contributed by atoms with Crippen molar-refractivity contribution in [2.24, 2.45) is 28.0 Å². The van der Waals surface area contributed by atoms with E-state index in [0.717, 1.165) is 56.2 Å². The van der Waals surface area contributed by atoms with Crippen molar-refractivity contribution in [3.05, 3.63) is 41.0 Å². The van der Waals surface area contributed by atoms with E-state index in [2.05, 4.69) is 28.1 Å². The minimum absolute atomic E-state index is 0.0189. The van der Waals surface area contributed by atoms with Gasteiger partial charge in [0.1, 0.15) is 11.3 Å². The summed E-state index contributed by atoms with van der Waals surface area (Å²) < 4.78 is 5.58. The van der Waals surface area contributed by atoms with E-state index in [1.165, 1.54) is 30.5 Å². The van der Waals surface area contributed by atoms with Crippen molar-refractivity contribution in [2.45, 2.75) is 43.9 Å². The van der Waals surface area contributed by atoms with Crippen LogP contribution in [0.15, 0.2) is 34.8 Å². The van der Waals surface area contributed by atoms with E-state index in [-0.39, 0.29) is 22.3 Å². The Morgan fingerprint density at radius 2 is 2.16 bits per heavy atom. The molecule has 6 rings (SSSR count). The fourth-order valence-electron chi connectivity index (χ4n) is 7.00. The van der Waals surface area contributed by atoms with Crippen LogP contribution in [0.1, 0.15) is 43.2 Å². The molecule has 31 heavy (non-hydrogen) atoms. The molecule has 0 spiro atoms. The average molecular weight is 420 g/mol. The number of primary amides is 1. The number of piperidine rings is 1. The molecule has 1 unspecified atom stereocenters. The number of likely N-dealkylation sites (tertiary alicyclic amines) is 1. The van der Waals surface area contributed by atoms with Gasteiger partial charge in [-0.15, -0.1) is 0 Å². The smallest absolute Gasteiger partial charge is 0.282 e. The molecule has 0 bridgehead atoms. The van der Waals surface area contributed by atoms with Crippen LogP contribution in [-0.2, 0) is 21.4 Å². The molecule has 1 aromatic rings. The van der Waals surface area contributed by atoms with E-state index in [1.54, 1.807) is 7.11 Å². The van der Waals surface area contributed by atoms with E-state index in [9.17, 15) is 9.59 Å². The van der Waals surface area contributed by atoms with E-state index < -0.39 is 11.8 Å². The maximum Gasteiger partial charge on any atom is 0.282 e. The lowest BCUT2D eigenvalue weighted by molar-refractivity contribution is -0.120. The second kappa shape index (κ2) is 6.52. The Morgan fingerprint density at radius 1 is 1.32 bits per heavy atom. The highest BCUT2D eigenvalue weighted by Gasteiger charge is 2.63. The quantitative estimate of drug-likeness (QED) is 0.760. The monoisotopic (exact) mass is 419 g/mol. The van der Waals surface area contributed by atoms with Crippen LogP contribution in [0.3, 0.4) is 0 Å². The van der Waals surface area contributed by atoms with Gasteiger partial charge in [0.05, 0.1) is 7.11 Å². The summed E-state index contributed by atoms with van der Waals surface area (Å²) in [7, 11) is 1.72. The first kappa shape index (κ1) is 19.2. The molecule has 3 atom stereocenters. The summed E-state index contributed by atoms with van der Waals surface area (Å²) in [6, 6.07) is 6.52. The van der Waals surface area contributed by atoms with Crippen molar-refractivity contribution in [3.8, 4) is 5.75 Å². The Kier molecular flexibility index (Phi) is 4.04. The van der Waals surface area contributed by atoms with Crippen LogP contribution in [0.4, 0.5) is 0 Å². The number of hydrogen-bond donors (Lipinski definition) is 1. The lowest BCUT2D eigenvalue weighted by atomic mass is 9.50. The molecule has 6 heteroatoms. The summed E-state index contributed by atoms with van der Waals surface area (Å²) in [5.74, 6) is 0.634. The molecule has 2 heterocycles. The number of methoxy groups -OCH3 is 1. The van der Waals surface area contributed by atoms with Gasteiger partial charge in [-0.1, -0.05) is 12.1 Å². The summed E-state index contributed by atoms with van der Waals surface area (Å²) in [6.45, 7) is 3.35. The number of fused-ring (bicyclic) bond motifs is 2. The molecule has 1 aromatic carbocycles. The molecule has 5 aliphatic rings. The van der Waals surface area contributed by atoms with Crippen LogP contribution in [-0.4, -0.2) is 49.2 Å². The summed E-state index contributed by atoms with van der Waals surface area (Å²) in [5, 5.41) is 0. The number of nitrogens with two attached hydrogens (primary N) is 1. The van der Waals surface area contributed by atoms with Gasteiger partial charge in [0.2, 0.25) is 0 Å². The molecule has 6 nitrogen and oxygen atoms in total. The van der Waals surface area contributed by atoms with Crippen LogP contribution < -0.4 is 10.5 Å². The molecule has 2 N–H and O–H groups in total. The van der Waals surface area contributed by atoms with E-state index >= 15 is 0 Å². The molecule has 2 amide bonds. The SMILES string of the molecule is COc1ccc2c(c1)[C@]13CCN(CC4CC4)C[C@@]1(C2)CC1C=C(C(N)=O)C(=O)N=C1C3. The predicted octanol–water partition coefficient (Wildman–Crippen LogP) is 2.39. The van der Waals surface area contributed by atoms with Crippen molar-refractivity contribution < 1.29 is 14.3 Å². The summed E-state index contributed by atoms with van der Waals surface area (Å²) in [4.78, 5) is 31.4. The normalized spacial score (nSPS) is 34.1. The van der Waals surface area contributed by atoms with Gasteiger partial charge in [0.25, 0.3) is 11.8 Å². The number of ether oxygens (including phenoxy) is 1. The van der Waals surface area contributed by atoms with Crippen molar-refractivity contribution in [3.63, 3.8) is 0 Å². The molecule has 162 valence electrons. The molecule has 3 fully saturated rings. The summed E-state index contributed by atoms with van der Waals surface area (Å²) >= 11 is 0. The Balaban J connectivity index is 1.45. The predicted molar refractivity (Wildman–Crippen MR) is 117 cm³/mol. The Labute approximate surface area is 182 Å². The maximum atomic E-state index is 12.5. The highest BCUT2D eigenvalue weighted by molar-refractivity contribution is 6.23. The third-order valence-electron chi connectivity index (χ3n) is 8.60. The molecule has 1 saturated heterocycles. The van der Waals surface area contributed by atoms with Gasteiger partial charge in [0, 0.05) is 30.1 Å². The molecule has 2 aliphatic heterocycles. The van der Waals surface area contributed by atoms with Gasteiger partial charge in [-0.3, -0.25) is 9.59 Å². The Bertz CT molecular complexity index is 1060. The van der Waals surface area contributed by atoms with Gasteiger partial charge in [-0.05, 0) is 79.7 Å². The standard InChI is InChI=1S/C25H29N3O3/c1-31-18-5-4-16-10-24-11-17-8-19(22(26)29)23(30)27-21(17)12-25(24,20(16)9-18)6-7-28(14-24)13-15-2-3-15/h4-5,8-9,15,17H,2-3,6-7,10-14H2,1H3,(H2,26,29)/t17?,24-,25-/m1/s1. The van der Waals surface area contributed by atoms with Crippen LogP contribution >= 0.6 is 0 Å². The lowest BCUT2D eigenvalue weighted by Crippen LogP contribution is -2.61. The molecule has 3 aliphatic carbocycles. The van der Waals surface area contributed by atoms with Crippen LogP contribution in [0, 0.1) is 17.3 Å². The number of amides is 2. The number of nitrogens with zero attached hydrogens (tertiary/aromatic N) is 2. The van der Waals surface area contributed by atoms with Crippen molar-refractivity contribution in [1.82, 2.24) is 4.90 Å². The van der Waals surface area contributed by atoms with E-state index in [0.29, 0.717) is 0 Å². The number of carbonyl (C=O) groups is 2. The first-order valence-corrected chi connectivity index (χ1v) is 11.5. The average Bonchev–Trinajstić information content (AvgIpc) is 3.51.